The number of nitrogens with zero attached hydrogens (tertiary/aromatic N) is 1. The van der Waals surface area contributed by atoms with Crippen LogP contribution in [-0.2, 0) is 4.79 Å². The predicted molar refractivity (Wildman–Crippen MR) is 47.1 cm³/mol. The lowest BCUT2D eigenvalue weighted by Gasteiger charge is -2.10. The molecular weight excluding hydrogens is 164 g/mol. The zero-order valence-electron chi connectivity index (χ0n) is 6.50. The first-order valence-electron chi connectivity index (χ1n) is 3.09. The topological polar surface area (TPSA) is 36.1 Å². The summed E-state index contributed by atoms with van der Waals surface area (Å²) in [5.74, 6) is 0.0413. The van der Waals surface area contributed by atoms with Gasteiger partial charge in [-0.25, -0.2) is 0 Å². The molecule has 0 aliphatic carbocycles. The average molecular weight is 175 g/mol. The number of anilines is 1. The standard InChI is InChI=1S/C7H10N2O.ClH/c1-6(10)9(2)7-3-4-8-5-7;/h3-5,8H,1-2H3;1H. The Bertz CT molecular complexity index is 220. The fourth-order valence-electron chi connectivity index (χ4n) is 0.706. The first kappa shape index (κ1) is 10.0. The zero-order chi connectivity index (χ0) is 7.56. The van der Waals surface area contributed by atoms with Gasteiger partial charge in [0.1, 0.15) is 0 Å². The third-order valence-corrected chi connectivity index (χ3v) is 1.44. The molecule has 0 saturated carbocycles. The summed E-state index contributed by atoms with van der Waals surface area (Å²) in [4.78, 5) is 15.2. The number of nitrogens with one attached hydrogen (secondary N) is 1. The van der Waals surface area contributed by atoms with E-state index in [2.05, 4.69) is 4.98 Å². The van der Waals surface area contributed by atoms with Crippen LogP contribution in [0.1, 0.15) is 6.92 Å². The van der Waals surface area contributed by atoms with Crippen LogP contribution in [0.15, 0.2) is 18.5 Å². The van der Waals surface area contributed by atoms with Crippen molar-refractivity contribution in [3.63, 3.8) is 0 Å². The van der Waals surface area contributed by atoms with Gasteiger partial charge in [0.15, 0.2) is 0 Å². The van der Waals surface area contributed by atoms with Crippen molar-refractivity contribution >= 4 is 24.0 Å². The van der Waals surface area contributed by atoms with Crippen LogP contribution < -0.4 is 4.90 Å². The molecule has 1 amide bonds. The Morgan fingerprint density at radius 3 is 2.64 bits per heavy atom. The molecule has 1 aromatic rings. The van der Waals surface area contributed by atoms with Gasteiger partial charge in [-0.2, -0.15) is 0 Å². The highest BCUT2D eigenvalue weighted by molar-refractivity contribution is 5.90. The quantitative estimate of drug-likeness (QED) is 0.687. The maximum atomic E-state index is 10.8. The van der Waals surface area contributed by atoms with E-state index in [-0.39, 0.29) is 18.3 Å². The van der Waals surface area contributed by atoms with E-state index < -0.39 is 0 Å². The molecule has 0 spiro atoms. The van der Waals surface area contributed by atoms with Crippen LogP contribution in [0.4, 0.5) is 5.69 Å². The van der Waals surface area contributed by atoms with Crippen LogP contribution in [0.3, 0.4) is 0 Å². The maximum absolute atomic E-state index is 10.8. The van der Waals surface area contributed by atoms with Crippen LogP contribution in [0, 0.1) is 0 Å². The molecule has 1 rings (SSSR count). The van der Waals surface area contributed by atoms with Gasteiger partial charge in [0.05, 0.1) is 5.69 Å². The van der Waals surface area contributed by atoms with Crippen molar-refractivity contribution in [1.82, 2.24) is 4.98 Å². The molecule has 0 aromatic carbocycles. The third-order valence-electron chi connectivity index (χ3n) is 1.44. The fraction of sp³-hybridized carbons (Fsp3) is 0.286. The van der Waals surface area contributed by atoms with Gasteiger partial charge in [0, 0.05) is 26.4 Å². The van der Waals surface area contributed by atoms with Crippen molar-refractivity contribution in [2.24, 2.45) is 0 Å². The maximum Gasteiger partial charge on any atom is 0.223 e. The second-order valence-corrected chi connectivity index (χ2v) is 2.15. The first-order valence-corrected chi connectivity index (χ1v) is 3.09. The van der Waals surface area contributed by atoms with Crippen LogP contribution in [0.2, 0.25) is 0 Å². The summed E-state index contributed by atoms with van der Waals surface area (Å²) < 4.78 is 0. The number of H-pyrrole nitrogens is 1. The Balaban J connectivity index is 0.000001000. The van der Waals surface area contributed by atoms with Crippen molar-refractivity contribution in [1.29, 1.82) is 0 Å². The van der Waals surface area contributed by atoms with Crippen molar-refractivity contribution in [2.45, 2.75) is 6.92 Å². The van der Waals surface area contributed by atoms with Crippen LogP contribution in [-0.4, -0.2) is 17.9 Å². The van der Waals surface area contributed by atoms with Gasteiger partial charge < -0.3 is 9.88 Å². The summed E-state index contributed by atoms with van der Waals surface area (Å²) in [6.45, 7) is 1.53. The van der Waals surface area contributed by atoms with Gasteiger partial charge in [0.25, 0.3) is 0 Å². The van der Waals surface area contributed by atoms with Gasteiger partial charge in [-0.05, 0) is 6.07 Å². The monoisotopic (exact) mass is 174 g/mol. The molecule has 1 heterocycles. The lowest BCUT2D eigenvalue weighted by molar-refractivity contribution is -0.116. The fourth-order valence-corrected chi connectivity index (χ4v) is 0.706. The van der Waals surface area contributed by atoms with E-state index in [1.54, 1.807) is 24.3 Å². The van der Waals surface area contributed by atoms with Gasteiger partial charge in [0.2, 0.25) is 5.91 Å². The molecule has 1 aromatic heterocycles. The van der Waals surface area contributed by atoms with Gasteiger partial charge in [-0.1, -0.05) is 0 Å². The predicted octanol–water partition coefficient (Wildman–Crippen LogP) is 1.42. The molecule has 0 fully saturated rings. The number of aromatic amines is 1. The summed E-state index contributed by atoms with van der Waals surface area (Å²) in [7, 11) is 1.74. The second-order valence-electron chi connectivity index (χ2n) is 2.15. The number of aromatic nitrogens is 1. The zero-order valence-corrected chi connectivity index (χ0v) is 7.31. The summed E-state index contributed by atoms with van der Waals surface area (Å²) in [5.41, 5.74) is 0.896. The van der Waals surface area contributed by atoms with E-state index in [1.165, 1.54) is 6.92 Å². The van der Waals surface area contributed by atoms with Crippen LogP contribution >= 0.6 is 12.4 Å². The Morgan fingerprint density at radius 1 is 1.64 bits per heavy atom. The summed E-state index contributed by atoms with van der Waals surface area (Å²) in [6, 6.07) is 1.85. The molecule has 0 bridgehead atoms. The Morgan fingerprint density at radius 2 is 2.27 bits per heavy atom. The summed E-state index contributed by atoms with van der Waals surface area (Å²) in [6.07, 6.45) is 3.57. The highest BCUT2D eigenvalue weighted by Crippen LogP contribution is 2.09. The number of carbonyl (C=O) groups excluding carboxylic acids is 1. The number of rotatable bonds is 1. The van der Waals surface area contributed by atoms with Crippen molar-refractivity contribution in [2.75, 3.05) is 11.9 Å². The van der Waals surface area contributed by atoms with Crippen LogP contribution in [0.25, 0.3) is 0 Å². The molecule has 0 aliphatic heterocycles. The minimum absolute atomic E-state index is 0. The minimum atomic E-state index is 0. The molecule has 3 nitrogen and oxygen atoms in total. The number of hydrogen-bond acceptors (Lipinski definition) is 1. The molecule has 0 aliphatic rings. The highest BCUT2D eigenvalue weighted by atomic mass is 35.5. The molecule has 0 unspecified atom stereocenters. The lowest BCUT2D eigenvalue weighted by Crippen LogP contribution is -2.21. The van der Waals surface area contributed by atoms with E-state index in [9.17, 15) is 4.79 Å². The minimum Gasteiger partial charge on any atom is -0.366 e. The third kappa shape index (κ3) is 2.27. The van der Waals surface area contributed by atoms with Crippen molar-refractivity contribution < 1.29 is 4.79 Å². The summed E-state index contributed by atoms with van der Waals surface area (Å²) in [5, 5.41) is 0. The molecule has 0 atom stereocenters. The van der Waals surface area contributed by atoms with Crippen molar-refractivity contribution in [3.05, 3.63) is 18.5 Å². The van der Waals surface area contributed by atoms with Gasteiger partial charge in [-0.15, -0.1) is 12.4 Å². The molecule has 11 heavy (non-hydrogen) atoms. The van der Waals surface area contributed by atoms with Gasteiger partial charge in [-0.3, -0.25) is 4.79 Å². The SMILES string of the molecule is CC(=O)N(C)c1cc[nH]c1.Cl. The number of halogens is 1. The average Bonchev–Trinajstić information content (AvgIpc) is 2.36. The van der Waals surface area contributed by atoms with Crippen LogP contribution in [0.5, 0.6) is 0 Å². The Hall–Kier alpha value is -0.960. The van der Waals surface area contributed by atoms with E-state index in [4.69, 9.17) is 0 Å². The Kier molecular flexibility index (Phi) is 3.68. The van der Waals surface area contributed by atoms with E-state index >= 15 is 0 Å². The number of amides is 1. The largest absolute Gasteiger partial charge is 0.366 e. The first-order chi connectivity index (χ1) is 4.72. The summed E-state index contributed by atoms with van der Waals surface area (Å²) >= 11 is 0. The van der Waals surface area contributed by atoms with E-state index in [0.29, 0.717) is 0 Å². The Labute approximate surface area is 71.8 Å². The van der Waals surface area contributed by atoms with E-state index in [1.807, 2.05) is 6.07 Å². The van der Waals surface area contributed by atoms with Gasteiger partial charge >= 0.3 is 0 Å². The smallest absolute Gasteiger partial charge is 0.223 e. The molecule has 0 radical (unpaired) electrons. The highest BCUT2D eigenvalue weighted by Gasteiger charge is 2.03. The molecule has 0 saturated heterocycles. The van der Waals surface area contributed by atoms with E-state index in [0.717, 1.165) is 5.69 Å². The normalized spacial score (nSPS) is 8.55. The lowest BCUT2D eigenvalue weighted by atomic mass is 10.4. The molecule has 1 N–H and O–H groups in total. The molecule has 62 valence electrons. The van der Waals surface area contributed by atoms with Crippen molar-refractivity contribution in [3.8, 4) is 0 Å². The second kappa shape index (κ2) is 4.03. The molecular formula is C7H11ClN2O. The number of hydrogen-bond donors (Lipinski definition) is 1. The molecule has 4 heteroatoms. The number of carbonyl (C=O) groups is 1.